The van der Waals surface area contributed by atoms with Crippen molar-refractivity contribution in [3.63, 3.8) is 0 Å². The molecule has 13 heteroatoms. The minimum absolute atomic E-state index is 0.0438. The molecule has 1 aliphatic heterocycles. The molecule has 12 nitrogen and oxygen atoms in total. The van der Waals surface area contributed by atoms with Crippen LogP contribution in [0.4, 0.5) is 5.95 Å². The van der Waals surface area contributed by atoms with Crippen LogP contribution in [0.1, 0.15) is 44.3 Å². The first-order chi connectivity index (χ1) is 16.7. The quantitative estimate of drug-likeness (QED) is 0.462. The number of rotatable bonds is 9. The van der Waals surface area contributed by atoms with Gasteiger partial charge >= 0.3 is 0 Å². The van der Waals surface area contributed by atoms with Crippen LogP contribution in [0, 0.1) is 6.92 Å². The van der Waals surface area contributed by atoms with E-state index in [1.807, 2.05) is 20.8 Å². The molecule has 0 aromatic carbocycles. The van der Waals surface area contributed by atoms with Crippen molar-refractivity contribution < 1.29 is 22.6 Å². The van der Waals surface area contributed by atoms with Crippen LogP contribution in [-0.2, 0) is 19.5 Å². The lowest BCUT2D eigenvalue weighted by molar-refractivity contribution is 0.00152. The summed E-state index contributed by atoms with van der Waals surface area (Å²) in [7, 11) is -2.47. The second-order valence-electron chi connectivity index (χ2n) is 8.57. The highest BCUT2D eigenvalue weighted by Gasteiger charge is 2.37. The highest BCUT2D eigenvalue weighted by Crippen LogP contribution is 2.35. The van der Waals surface area contributed by atoms with E-state index in [2.05, 4.69) is 29.9 Å². The number of nitrogens with one attached hydrogen (secondary N) is 1. The van der Waals surface area contributed by atoms with E-state index in [1.54, 1.807) is 49.3 Å². The molecule has 35 heavy (non-hydrogen) atoms. The summed E-state index contributed by atoms with van der Waals surface area (Å²) in [5.41, 5.74) is 1.46. The fraction of sp³-hybridized carbons (Fsp3) is 0.500. The van der Waals surface area contributed by atoms with Gasteiger partial charge in [-0.15, -0.1) is 10.2 Å². The summed E-state index contributed by atoms with van der Waals surface area (Å²) in [5, 5.41) is 7.36. The third-order valence-electron chi connectivity index (χ3n) is 5.47. The van der Waals surface area contributed by atoms with Gasteiger partial charge in [0.2, 0.25) is 21.9 Å². The number of pyridine rings is 1. The highest BCUT2D eigenvalue weighted by molar-refractivity contribution is 7.93. The molecule has 0 fully saturated rings. The first-order valence-corrected chi connectivity index (χ1v) is 12.7. The average molecular weight is 504 g/mol. The number of fused-ring (bicyclic) bond motifs is 3. The van der Waals surface area contributed by atoms with Crippen LogP contribution < -0.4 is 9.46 Å². The number of nitrogens with zero attached hydrogens (tertiary/aromatic N) is 6. The number of methoxy groups -OCH3 is 1. The lowest BCUT2D eigenvalue weighted by atomic mass is 10.2. The van der Waals surface area contributed by atoms with Gasteiger partial charge in [-0.05, 0) is 45.4 Å². The van der Waals surface area contributed by atoms with Gasteiger partial charge in [0.15, 0.2) is 11.6 Å². The van der Waals surface area contributed by atoms with Crippen molar-refractivity contribution in [2.45, 2.75) is 51.2 Å². The Balaban J connectivity index is 1.70. The number of hydrogen-bond acceptors (Lipinski definition) is 10. The molecule has 4 heterocycles. The molecule has 0 saturated carbocycles. The fourth-order valence-electron chi connectivity index (χ4n) is 3.74. The predicted molar refractivity (Wildman–Crippen MR) is 127 cm³/mol. The third-order valence-corrected chi connectivity index (χ3v) is 7.16. The second kappa shape index (κ2) is 10.2. The maximum absolute atomic E-state index is 13.5. The van der Waals surface area contributed by atoms with Crippen LogP contribution >= 0.6 is 0 Å². The minimum Gasteiger partial charge on any atom is -0.475 e. The van der Waals surface area contributed by atoms with Crippen molar-refractivity contribution in [2.75, 3.05) is 25.0 Å². The third kappa shape index (κ3) is 5.26. The van der Waals surface area contributed by atoms with Gasteiger partial charge in [0.1, 0.15) is 18.0 Å². The Morgan fingerprint density at radius 3 is 2.63 bits per heavy atom. The standard InChI is InChI=1S/C22H29N7O5S/c1-13(2)34-18(19-24-9-14(3)10-25-19)15(4)35(30,31)28-22-27-26-20-17-7-6-8-23-21(17)33-12-16(11-32-5)29(20)22/h6-10,13,15-16,18H,11-12H2,1-5H3,(H,27,28)/t15?,16-,18?/m0/s1. The van der Waals surface area contributed by atoms with Crippen molar-refractivity contribution >= 4 is 16.0 Å². The smallest absolute Gasteiger partial charge is 0.240 e. The first-order valence-electron chi connectivity index (χ1n) is 11.2. The van der Waals surface area contributed by atoms with E-state index < -0.39 is 27.4 Å². The van der Waals surface area contributed by atoms with E-state index in [4.69, 9.17) is 14.2 Å². The van der Waals surface area contributed by atoms with E-state index in [1.165, 1.54) is 0 Å². The lowest BCUT2D eigenvalue weighted by Crippen LogP contribution is -2.35. The summed E-state index contributed by atoms with van der Waals surface area (Å²) in [6.07, 6.45) is 3.72. The van der Waals surface area contributed by atoms with Crippen LogP contribution in [0.2, 0.25) is 0 Å². The molecule has 188 valence electrons. The number of ether oxygens (including phenoxy) is 3. The number of anilines is 1. The Morgan fingerprint density at radius 1 is 1.20 bits per heavy atom. The molecule has 1 aliphatic rings. The minimum atomic E-state index is -4.02. The zero-order valence-electron chi connectivity index (χ0n) is 20.2. The maximum atomic E-state index is 13.5. The van der Waals surface area contributed by atoms with Gasteiger partial charge in [0, 0.05) is 25.7 Å². The van der Waals surface area contributed by atoms with Crippen molar-refractivity contribution in [3.8, 4) is 17.3 Å². The summed E-state index contributed by atoms with van der Waals surface area (Å²) >= 11 is 0. The number of aromatic nitrogens is 6. The molecular weight excluding hydrogens is 474 g/mol. The van der Waals surface area contributed by atoms with Crippen molar-refractivity contribution in [3.05, 3.63) is 42.1 Å². The summed E-state index contributed by atoms with van der Waals surface area (Å²) in [6, 6.07) is 3.15. The molecule has 0 amide bonds. The number of hydrogen-bond donors (Lipinski definition) is 1. The van der Waals surface area contributed by atoms with Crippen LogP contribution in [0.5, 0.6) is 5.88 Å². The van der Waals surface area contributed by atoms with E-state index in [-0.39, 0.29) is 31.1 Å². The Hall–Kier alpha value is -3.16. The fourth-order valence-corrected chi connectivity index (χ4v) is 4.83. The van der Waals surface area contributed by atoms with Gasteiger partial charge in [-0.2, -0.15) is 0 Å². The summed E-state index contributed by atoms with van der Waals surface area (Å²) < 4.78 is 48.5. The van der Waals surface area contributed by atoms with E-state index in [0.717, 1.165) is 5.56 Å². The van der Waals surface area contributed by atoms with Gasteiger partial charge in [-0.25, -0.2) is 23.4 Å². The zero-order chi connectivity index (χ0) is 25.2. The normalized spacial score (nSPS) is 17.1. The Morgan fingerprint density at radius 2 is 1.94 bits per heavy atom. The molecule has 0 spiro atoms. The summed E-state index contributed by atoms with van der Waals surface area (Å²) in [4.78, 5) is 12.9. The number of aryl methyl sites for hydroxylation is 1. The van der Waals surface area contributed by atoms with E-state index in [9.17, 15) is 8.42 Å². The maximum Gasteiger partial charge on any atom is 0.240 e. The molecule has 0 saturated heterocycles. The largest absolute Gasteiger partial charge is 0.475 e. The molecular formula is C22H29N7O5S. The monoisotopic (exact) mass is 503 g/mol. The van der Waals surface area contributed by atoms with Crippen LogP contribution in [0.15, 0.2) is 30.7 Å². The molecule has 3 aromatic heterocycles. The molecule has 0 aliphatic carbocycles. The average Bonchev–Trinajstić information content (AvgIpc) is 3.15. The van der Waals surface area contributed by atoms with Crippen molar-refractivity contribution in [1.29, 1.82) is 0 Å². The predicted octanol–water partition coefficient (Wildman–Crippen LogP) is 2.31. The molecule has 2 unspecified atom stereocenters. The van der Waals surface area contributed by atoms with Gasteiger partial charge in [0.05, 0.1) is 24.3 Å². The molecule has 4 rings (SSSR count). The van der Waals surface area contributed by atoms with Crippen LogP contribution in [0.25, 0.3) is 11.4 Å². The highest BCUT2D eigenvalue weighted by atomic mass is 32.2. The van der Waals surface area contributed by atoms with E-state index >= 15 is 0 Å². The Bertz CT molecular complexity index is 1260. The molecule has 0 radical (unpaired) electrons. The Labute approximate surface area is 204 Å². The SMILES string of the molecule is COC[C@H]1COc2ncccc2-c2nnc(NS(=O)(=O)C(C)C(OC(C)C)c3ncc(C)cn3)n21. The van der Waals surface area contributed by atoms with Crippen LogP contribution in [0.3, 0.4) is 0 Å². The Kier molecular flexibility index (Phi) is 7.28. The van der Waals surface area contributed by atoms with Crippen LogP contribution in [-0.4, -0.2) is 69.8 Å². The van der Waals surface area contributed by atoms with E-state index in [0.29, 0.717) is 17.3 Å². The summed E-state index contributed by atoms with van der Waals surface area (Å²) in [6.45, 7) is 7.51. The number of sulfonamides is 1. The molecule has 1 N–H and O–H groups in total. The van der Waals surface area contributed by atoms with Gasteiger partial charge < -0.3 is 14.2 Å². The molecule has 0 bridgehead atoms. The first kappa shape index (κ1) is 24.9. The topological polar surface area (TPSA) is 143 Å². The second-order valence-corrected chi connectivity index (χ2v) is 10.6. The van der Waals surface area contributed by atoms with Crippen molar-refractivity contribution in [1.82, 2.24) is 29.7 Å². The zero-order valence-corrected chi connectivity index (χ0v) is 21.1. The van der Waals surface area contributed by atoms with Gasteiger partial charge in [0.25, 0.3) is 0 Å². The summed E-state index contributed by atoms with van der Waals surface area (Å²) in [5.74, 6) is 1.15. The lowest BCUT2D eigenvalue weighted by Gasteiger charge is -2.26. The van der Waals surface area contributed by atoms with Gasteiger partial charge in [-0.1, -0.05) is 0 Å². The molecule has 3 atom stereocenters. The van der Waals surface area contributed by atoms with Crippen molar-refractivity contribution in [2.24, 2.45) is 0 Å². The molecule has 3 aromatic rings. The van der Waals surface area contributed by atoms with Gasteiger partial charge in [-0.3, -0.25) is 9.29 Å².